The van der Waals surface area contributed by atoms with Crippen molar-refractivity contribution < 1.29 is 14.6 Å². The standard InChI is InChI=1S/C8H19NO3/c1-7(5-11-2)9-4-8(10)6-12-3/h7-10H,4-6H2,1-3H3. The van der Waals surface area contributed by atoms with E-state index in [2.05, 4.69) is 5.32 Å². The highest BCUT2D eigenvalue weighted by Gasteiger charge is 2.05. The van der Waals surface area contributed by atoms with Crippen LogP contribution in [-0.4, -0.2) is 51.2 Å². The van der Waals surface area contributed by atoms with Gasteiger partial charge in [0.1, 0.15) is 0 Å². The maximum Gasteiger partial charge on any atom is 0.0897 e. The molecule has 4 heteroatoms. The molecule has 0 heterocycles. The number of rotatable bonds is 7. The molecule has 0 aromatic rings. The summed E-state index contributed by atoms with van der Waals surface area (Å²) in [4.78, 5) is 0. The van der Waals surface area contributed by atoms with Crippen LogP contribution in [0.25, 0.3) is 0 Å². The van der Waals surface area contributed by atoms with Gasteiger partial charge in [-0.2, -0.15) is 0 Å². The van der Waals surface area contributed by atoms with Crippen molar-refractivity contribution in [2.75, 3.05) is 34.0 Å². The predicted octanol–water partition coefficient (Wildman–Crippen LogP) is -0.382. The highest BCUT2D eigenvalue weighted by Crippen LogP contribution is 1.85. The number of methoxy groups -OCH3 is 2. The molecular weight excluding hydrogens is 158 g/mol. The third-order valence-electron chi connectivity index (χ3n) is 1.48. The van der Waals surface area contributed by atoms with Crippen LogP contribution in [0.3, 0.4) is 0 Å². The van der Waals surface area contributed by atoms with Gasteiger partial charge in [-0.05, 0) is 6.92 Å². The van der Waals surface area contributed by atoms with Gasteiger partial charge in [0, 0.05) is 26.8 Å². The molecule has 0 aromatic heterocycles. The predicted molar refractivity (Wildman–Crippen MR) is 47.2 cm³/mol. The monoisotopic (exact) mass is 177 g/mol. The molecule has 0 bridgehead atoms. The van der Waals surface area contributed by atoms with Crippen molar-refractivity contribution in [3.8, 4) is 0 Å². The number of hydrogen-bond acceptors (Lipinski definition) is 4. The van der Waals surface area contributed by atoms with Crippen LogP contribution in [0, 0.1) is 0 Å². The van der Waals surface area contributed by atoms with E-state index in [1.54, 1.807) is 14.2 Å². The lowest BCUT2D eigenvalue weighted by Gasteiger charge is -2.15. The summed E-state index contributed by atoms with van der Waals surface area (Å²) in [6.45, 7) is 3.56. The second-order valence-corrected chi connectivity index (χ2v) is 2.87. The van der Waals surface area contributed by atoms with Crippen molar-refractivity contribution in [2.24, 2.45) is 0 Å². The lowest BCUT2D eigenvalue weighted by atomic mass is 10.3. The molecule has 2 atom stereocenters. The molecule has 0 aliphatic rings. The Kier molecular flexibility index (Phi) is 7.39. The summed E-state index contributed by atoms with van der Waals surface area (Å²) in [5, 5.41) is 12.4. The summed E-state index contributed by atoms with van der Waals surface area (Å²) < 4.78 is 9.70. The SMILES string of the molecule is COCC(O)CNC(C)COC. The van der Waals surface area contributed by atoms with Crippen molar-refractivity contribution in [3.05, 3.63) is 0 Å². The molecule has 0 saturated heterocycles. The molecule has 2 unspecified atom stereocenters. The van der Waals surface area contributed by atoms with Crippen LogP contribution in [0.5, 0.6) is 0 Å². The van der Waals surface area contributed by atoms with Gasteiger partial charge in [-0.15, -0.1) is 0 Å². The van der Waals surface area contributed by atoms with Gasteiger partial charge in [0.05, 0.1) is 19.3 Å². The lowest BCUT2D eigenvalue weighted by Crippen LogP contribution is -2.37. The lowest BCUT2D eigenvalue weighted by molar-refractivity contribution is 0.0601. The van der Waals surface area contributed by atoms with Gasteiger partial charge >= 0.3 is 0 Å². The minimum Gasteiger partial charge on any atom is -0.389 e. The summed E-state index contributed by atoms with van der Waals surface area (Å²) in [5.41, 5.74) is 0. The van der Waals surface area contributed by atoms with Crippen LogP contribution < -0.4 is 5.32 Å². The minimum atomic E-state index is -0.436. The Morgan fingerprint density at radius 3 is 2.33 bits per heavy atom. The molecule has 0 aliphatic heterocycles. The van der Waals surface area contributed by atoms with E-state index in [4.69, 9.17) is 9.47 Å². The largest absolute Gasteiger partial charge is 0.389 e. The van der Waals surface area contributed by atoms with E-state index in [0.717, 1.165) is 0 Å². The molecule has 2 N–H and O–H groups in total. The first-order valence-corrected chi connectivity index (χ1v) is 4.10. The number of aliphatic hydroxyl groups excluding tert-OH is 1. The highest BCUT2D eigenvalue weighted by molar-refractivity contribution is 4.63. The molecule has 0 rings (SSSR count). The summed E-state index contributed by atoms with van der Waals surface area (Å²) >= 11 is 0. The molecule has 0 aromatic carbocycles. The zero-order valence-electron chi connectivity index (χ0n) is 8.04. The molecular formula is C8H19NO3. The number of nitrogens with one attached hydrogen (secondary N) is 1. The van der Waals surface area contributed by atoms with E-state index in [0.29, 0.717) is 19.8 Å². The van der Waals surface area contributed by atoms with Gasteiger partial charge in [-0.3, -0.25) is 0 Å². The fourth-order valence-corrected chi connectivity index (χ4v) is 0.897. The van der Waals surface area contributed by atoms with E-state index in [1.807, 2.05) is 6.92 Å². The third kappa shape index (κ3) is 6.54. The smallest absolute Gasteiger partial charge is 0.0897 e. The van der Waals surface area contributed by atoms with Gasteiger partial charge in [-0.25, -0.2) is 0 Å². The topological polar surface area (TPSA) is 50.7 Å². The quantitative estimate of drug-likeness (QED) is 0.556. The van der Waals surface area contributed by atoms with Crippen molar-refractivity contribution >= 4 is 0 Å². The van der Waals surface area contributed by atoms with Gasteiger partial charge < -0.3 is 19.9 Å². The van der Waals surface area contributed by atoms with E-state index < -0.39 is 6.10 Å². The van der Waals surface area contributed by atoms with Crippen LogP contribution >= 0.6 is 0 Å². The van der Waals surface area contributed by atoms with Crippen LogP contribution in [0.1, 0.15) is 6.92 Å². The normalized spacial score (nSPS) is 16.0. The first-order valence-electron chi connectivity index (χ1n) is 4.10. The Bertz CT molecular complexity index is 88.3. The first-order chi connectivity index (χ1) is 5.70. The van der Waals surface area contributed by atoms with Crippen molar-refractivity contribution in [2.45, 2.75) is 19.1 Å². The van der Waals surface area contributed by atoms with Gasteiger partial charge in [0.2, 0.25) is 0 Å². The van der Waals surface area contributed by atoms with Gasteiger partial charge in [0.15, 0.2) is 0 Å². The maximum atomic E-state index is 9.24. The third-order valence-corrected chi connectivity index (χ3v) is 1.48. The van der Waals surface area contributed by atoms with E-state index in [-0.39, 0.29) is 6.04 Å². The summed E-state index contributed by atoms with van der Waals surface area (Å²) in [6, 6.07) is 0.265. The molecule has 0 amide bonds. The van der Waals surface area contributed by atoms with Crippen LogP contribution in [0.4, 0.5) is 0 Å². The highest BCUT2D eigenvalue weighted by atomic mass is 16.5. The molecule has 4 nitrogen and oxygen atoms in total. The molecule has 0 fully saturated rings. The average molecular weight is 177 g/mol. The molecule has 0 spiro atoms. The fraction of sp³-hybridized carbons (Fsp3) is 1.00. The van der Waals surface area contributed by atoms with Crippen LogP contribution in [0.2, 0.25) is 0 Å². The molecule has 0 aliphatic carbocycles. The molecule has 74 valence electrons. The van der Waals surface area contributed by atoms with E-state index in [9.17, 15) is 5.11 Å². The number of hydrogen-bond donors (Lipinski definition) is 2. The maximum absolute atomic E-state index is 9.24. The van der Waals surface area contributed by atoms with Crippen molar-refractivity contribution in [1.82, 2.24) is 5.32 Å². The van der Waals surface area contributed by atoms with E-state index in [1.165, 1.54) is 0 Å². The zero-order chi connectivity index (χ0) is 9.40. The fourth-order valence-electron chi connectivity index (χ4n) is 0.897. The van der Waals surface area contributed by atoms with Crippen molar-refractivity contribution in [3.63, 3.8) is 0 Å². The Hall–Kier alpha value is -0.160. The summed E-state index contributed by atoms with van der Waals surface area (Å²) in [6.07, 6.45) is -0.436. The molecule has 0 radical (unpaired) electrons. The second-order valence-electron chi connectivity index (χ2n) is 2.87. The first kappa shape index (κ1) is 11.8. The van der Waals surface area contributed by atoms with Crippen molar-refractivity contribution in [1.29, 1.82) is 0 Å². The molecule has 12 heavy (non-hydrogen) atoms. The zero-order valence-corrected chi connectivity index (χ0v) is 8.04. The molecule has 0 saturated carbocycles. The Balaban J connectivity index is 3.27. The average Bonchev–Trinajstić information content (AvgIpc) is 2.02. The summed E-state index contributed by atoms with van der Waals surface area (Å²) in [5.74, 6) is 0. The second kappa shape index (κ2) is 7.49. The number of ether oxygens (including phenoxy) is 2. The van der Waals surface area contributed by atoms with Crippen LogP contribution in [-0.2, 0) is 9.47 Å². The van der Waals surface area contributed by atoms with Gasteiger partial charge in [0.25, 0.3) is 0 Å². The van der Waals surface area contributed by atoms with E-state index >= 15 is 0 Å². The van der Waals surface area contributed by atoms with Crippen LogP contribution in [0.15, 0.2) is 0 Å². The summed E-state index contributed by atoms with van der Waals surface area (Å²) in [7, 11) is 3.23. The Morgan fingerprint density at radius 2 is 1.83 bits per heavy atom. The Labute approximate surface area is 73.9 Å². The Morgan fingerprint density at radius 1 is 1.25 bits per heavy atom. The number of aliphatic hydroxyl groups is 1. The van der Waals surface area contributed by atoms with Gasteiger partial charge in [-0.1, -0.05) is 0 Å². The minimum absolute atomic E-state index is 0.265.